The Morgan fingerprint density at radius 2 is 1.83 bits per heavy atom. The summed E-state index contributed by atoms with van der Waals surface area (Å²) in [6, 6.07) is 0. The highest BCUT2D eigenvalue weighted by Crippen LogP contribution is 2.00. The standard InChI is InChI=1S/C7H11NO4/c1-4(12-3)6(7(10)11)8-5(2)9/h1-3H3,(H,8,9)(H,10,11). The average molecular weight is 173 g/mol. The largest absolute Gasteiger partial charge is 0.499 e. The molecule has 0 aromatic carbocycles. The van der Waals surface area contributed by atoms with Crippen molar-refractivity contribution in [2.45, 2.75) is 13.8 Å². The van der Waals surface area contributed by atoms with Gasteiger partial charge in [0.1, 0.15) is 5.76 Å². The maximum absolute atomic E-state index is 10.5. The molecular weight excluding hydrogens is 162 g/mol. The van der Waals surface area contributed by atoms with Crippen molar-refractivity contribution in [3.05, 3.63) is 11.5 Å². The Labute approximate surface area is 70.0 Å². The molecular formula is C7H11NO4. The minimum absolute atomic E-state index is 0.165. The Kier molecular flexibility index (Phi) is 3.82. The number of carboxylic acid groups (broad SMARTS) is 1. The molecule has 0 fully saturated rings. The van der Waals surface area contributed by atoms with Gasteiger partial charge < -0.3 is 15.2 Å². The van der Waals surface area contributed by atoms with Crippen molar-refractivity contribution in [2.75, 3.05) is 7.11 Å². The van der Waals surface area contributed by atoms with Gasteiger partial charge in [-0.05, 0) is 6.92 Å². The van der Waals surface area contributed by atoms with Crippen LogP contribution in [-0.2, 0) is 14.3 Å². The molecule has 0 aliphatic carbocycles. The second-order valence-electron chi connectivity index (χ2n) is 2.12. The third-order valence-corrected chi connectivity index (χ3v) is 1.17. The van der Waals surface area contributed by atoms with E-state index in [0.717, 1.165) is 0 Å². The van der Waals surface area contributed by atoms with E-state index >= 15 is 0 Å². The first-order valence-corrected chi connectivity index (χ1v) is 3.24. The average Bonchev–Trinajstić information content (AvgIpc) is 1.98. The maximum atomic E-state index is 10.5. The molecule has 1 amide bonds. The molecule has 0 saturated carbocycles. The van der Waals surface area contributed by atoms with Crippen molar-refractivity contribution < 1.29 is 19.4 Å². The van der Waals surface area contributed by atoms with Crippen LogP contribution in [-0.4, -0.2) is 24.1 Å². The van der Waals surface area contributed by atoms with E-state index < -0.39 is 11.9 Å². The zero-order valence-electron chi connectivity index (χ0n) is 7.17. The summed E-state index contributed by atoms with van der Waals surface area (Å²) in [6.45, 7) is 2.69. The number of nitrogens with one attached hydrogen (secondary N) is 1. The molecule has 12 heavy (non-hydrogen) atoms. The molecule has 0 aliphatic heterocycles. The minimum Gasteiger partial charge on any atom is -0.499 e. The van der Waals surface area contributed by atoms with E-state index in [1.54, 1.807) is 0 Å². The molecule has 0 radical (unpaired) electrons. The molecule has 0 atom stereocenters. The summed E-state index contributed by atoms with van der Waals surface area (Å²) >= 11 is 0. The molecule has 0 rings (SSSR count). The Hall–Kier alpha value is -1.52. The fourth-order valence-electron chi connectivity index (χ4n) is 0.570. The number of allylic oxidation sites excluding steroid dienone is 1. The van der Waals surface area contributed by atoms with Gasteiger partial charge in [0, 0.05) is 6.92 Å². The fraction of sp³-hybridized carbons (Fsp3) is 0.429. The molecule has 0 bridgehead atoms. The zero-order chi connectivity index (χ0) is 9.72. The number of rotatable bonds is 3. The summed E-state index contributed by atoms with van der Waals surface area (Å²) in [5.41, 5.74) is -0.231. The van der Waals surface area contributed by atoms with E-state index in [0.29, 0.717) is 0 Å². The summed E-state index contributed by atoms with van der Waals surface area (Å²) in [4.78, 5) is 21.0. The lowest BCUT2D eigenvalue weighted by Crippen LogP contribution is -2.26. The molecule has 0 aromatic rings. The number of carbonyl (C=O) groups excluding carboxylic acids is 1. The number of amides is 1. The van der Waals surface area contributed by atoms with Crippen molar-refractivity contribution in [1.29, 1.82) is 0 Å². The van der Waals surface area contributed by atoms with Crippen molar-refractivity contribution in [3.63, 3.8) is 0 Å². The number of aliphatic carboxylic acids is 1. The van der Waals surface area contributed by atoms with Gasteiger partial charge in [-0.3, -0.25) is 4.79 Å². The zero-order valence-corrected chi connectivity index (χ0v) is 7.17. The lowest BCUT2D eigenvalue weighted by atomic mass is 10.3. The van der Waals surface area contributed by atoms with Crippen LogP contribution >= 0.6 is 0 Å². The SMILES string of the molecule is COC(C)=C(NC(C)=O)C(=O)O. The Bertz CT molecular complexity index is 232. The van der Waals surface area contributed by atoms with E-state index in [9.17, 15) is 9.59 Å². The van der Waals surface area contributed by atoms with E-state index in [1.165, 1.54) is 21.0 Å². The summed E-state index contributed by atoms with van der Waals surface area (Å²) in [5, 5.41) is 10.7. The molecule has 0 unspecified atom stereocenters. The van der Waals surface area contributed by atoms with Gasteiger partial charge in [0.2, 0.25) is 5.91 Å². The third-order valence-electron chi connectivity index (χ3n) is 1.17. The van der Waals surface area contributed by atoms with Gasteiger partial charge >= 0.3 is 5.97 Å². The van der Waals surface area contributed by atoms with Crippen molar-refractivity contribution in [2.24, 2.45) is 0 Å². The Morgan fingerprint density at radius 3 is 2.08 bits per heavy atom. The Balaban J connectivity index is 4.66. The van der Waals surface area contributed by atoms with E-state index in [2.05, 4.69) is 10.1 Å². The highest BCUT2D eigenvalue weighted by Gasteiger charge is 2.12. The molecule has 0 aromatic heterocycles. The first-order valence-electron chi connectivity index (χ1n) is 3.24. The van der Waals surface area contributed by atoms with E-state index in [4.69, 9.17) is 5.11 Å². The maximum Gasteiger partial charge on any atom is 0.355 e. The van der Waals surface area contributed by atoms with Gasteiger partial charge in [-0.25, -0.2) is 4.79 Å². The van der Waals surface area contributed by atoms with Crippen LogP contribution in [0.4, 0.5) is 0 Å². The van der Waals surface area contributed by atoms with Gasteiger partial charge in [-0.1, -0.05) is 0 Å². The van der Waals surface area contributed by atoms with E-state index in [-0.39, 0.29) is 11.5 Å². The van der Waals surface area contributed by atoms with Crippen LogP contribution in [0.15, 0.2) is 11.5 Å². The second-order valence-corrected chi connectivity index (χ2v) is 2.12. The summed E-state index contributed by atoms with van der Waals surface area (Å²) in [7, 11) is 1.33. The van der Waals surface area contributed by atoms with Crippen LogP contribution in [0.1, 0.15) is 13.8 Å². The normalized spacial score (nSPS) is 11.6. The second kappa shape index (κ2) is 4.38. The summed E-state index contributed by atoms with van der Waals surface area (Å²) in [5.74, 6) is -1.49. The number of carboxylic acids is 1. The number of hydrogen-bond acceptors (Lipinski definition) is 3. The highest BCUT2D eigenvalue weighted by atomic mass is 16.5. The lowest BCUT2D eigenvalue weighted by molar-refractivity contribution is -0.134. The van der Waals surface area contributed by atoms with Gasteiger partial charge in [-0.2, -0.15) is 0 Å². The molecule has 68 valence electrons. The molecule has 0 aliphatic rings. The quantitative estimate of drug-likeness (QED) is 0.468. The molecule has 5 heteroatoms. The fourth-order valence-corrected chi connectivity index (χ4v) is 0.570. The predicted octanol–water partition coefficient (Wildman–Crippen LogP) is 0.0850. The smallest absolute Gasteiger partial charge is 0.355 e. The van der Waals surface area contributed by atoms with Crippen molar-refractivity contribution in [1.82, 2.24) is 5.32 Å². The summed E-state index contributed by atoms with van der Waals surface area (Å²) < 4.78 is 4.66. The van der Waals surface area contributed by atoms with Crippen LogP contribution in [0.3, 0.4) is 0 Å². The topological polar surface area (TPSA) is 75.6 Å². The van der Waals surface area contributed by atoms with Crippen LogP contribution < -0.4 is 5.32 Å². The van der Waals surface area contributed by atoms with Gasteiger partial charge in [0.15, 0.2) is 5.70 Å². The molecule has 2 N–H and O–H groups in total. The van der Waals surface area contributed by atoms with Crippen LogP contribution in [0.5, 0.6) is 0 Å². The van der Waals surface area contributed by atoms with Crippen molar-refractivity contribution in [3.8, 4) is 0 Å². The molecule has 5 nitrogen and oxygen atoms in total. The van der Waals surface area contributed by atoms with Gasteiger partial charge in [-0.15, -0.1) is 0 Å². The third kappa shape index (κ3) is 3.05. The summed E-state index contributed by atoms with van der Waals surface area (Å²) in [6.07, 6.45) is 0. The van der Waals surface area contributed by atoms with Gasteiger partial charge in [0.05, 0.1) is 7.11 Å². The van der Waals surface area contributed by atoms with Crippen molar-refractivity contribution >= 4 is 11.9 Å². The monoisotopic (exact) mass is 173 g/mol. The molecule has 0 spiro atoms. The lowest BCUT2D eigenvalue weighted by Gasteiger charge is -2.06. The van der Waals surface area contributed by atoms with Crippen LogP contribution in [0.25, 0.3) is 0 Å². The molecule has 0 heterocycles. The van der Waals surface area contributed by atoms with Crippen LogP contribution in [0, 0.1) is 0 Å². The number of methoxy groups -OCH3 is 1. The first-order chi connectivity index (χ1) is 5.49. The molecule has 0 saturated heterocycles. The predicted molar refractivity (Wildman–Crippen MR) is 41.2 cm³/mol. The Morgan fingerprint density at radius 1 is 1.33 bits per heavy atom. The first kappa shape index (κ1) is 10.5. The highest BCUT2D eigenvalue weighted by molar-refractivity contribution is 5.92. The van der Waals surface area contributed by atoms with E-state index in [1.807, 2.05) is 0 Å². The number of carbonyl (C=O) groups is 2. The number of ether oxygens (including phenoxy) is 1. The minimum atomic E-state index is -1.22. The van der Waals surface area contributed by atoms with Gasteiger partial charge in [0.25, 0.3) is 0 Å². The van der Waals surface area contributed by atoms with Crippen LogP contribution in [0.2, 0.25) is 0 Å². The number of hydrogen-bond donors (Lipinski definition) is 2.